The van der Waals surface area contributed by atoms with Crippen molar-refractivity contribution in [2.24, 2.45) is 0 Å². The van der Waals surface area contributed by atoms with Crippen LogP contribution in [0.25, 0.3) is 0 Å². The average Bonchev–Trinajstić information content (AvgIpc) is 2.82. The average molecular weight is 246 g/mol. The molecule has 0 aromatic heterocycles. The second-order valence-electron chi connectivity index (χ2n) is 5.27. The Kier molecular flexibility index (Phi) is 4.02. The van der Waals surface area contributed by atoms with E-state index in [9.17, 15) is 4.79 Å². The minimum Gasteiger partial charge on any atom is -0.332 e. The van der Waals surface area contributed by atoms with Gasteiger partial charge in [0.05, 0.1) is 0 Å². The fraction of sp³-hybridized carbons (Fsp3) is 0.533. The van der Waals surface area contributed by atoms with Crippen molar-refractivity contribution in [2.45, 2.75) is 39.3 Å². The Morgan fingerprint density at radius 3 is 2.67 bits per heavy atom. The number of nitrogens with one attached hydrogen (secondary N) is 1. The number of rotatable bonds is 3. The first-order valence-corrected chi connectivity index (χ1v) is 6.70. The van der Waals surface area contributed by atoms with Crippen molar-refractivity contribution in [3.63, 3.8) is 0 Å². The van der Waals surface area contributed by atoms with E-state index in [2.05, 4.69) is 19.2 Å². The molecule has 1 aromatic rings. The Balaban J connectivity index is 2.26. The molecule has 1 atom stereocenters. The normalized spacial score (nSPS) is 19.2. The molecule has 1 unspecified atom stereocenters. The Morgan fingerprint density at radius 1 is 1.39 bits per heavy atom. The van der Waals surface area contributed by atoms with Crippen molar-refractivity contribution < 1.29 is 4.79 Å². The topological polar surface area (TPSA) is 32.3 Å². The van der Waals surface area contributed by atoms with Gasteiger partial charge in [0.2, 0.25) is 0 Å². The van der Waals surface area contributed by atoms with E-state index in [0.717, 1.165) is 30.6 Å². The molecule has 0 saturated carbocycles. The molecule has 0 spiro atoms. The van der Waals surface area contributed by atoms with Gasteiger partial charge >= 0.3 is 0 Å². The molecule has 1 N–H and O–H groups in total. The van der Waals surface area contributed by atoms with Gasteiger partial charge in [0, 0.05) is 24.2 Å². The summed E-state index contributed by atoms with van der Waals surface area (Å²) in [5.74, 6) is 0.164. The van der Waals surface area contributed by atoms with Crippen LogP contribution in [-0.4, -0.2) is 36.0 Å². The van der Waals surface area contributed by atoms with Crippen molar-refractivity contribution in [3.8, 4) is 0 Å². The Bertz CT molecular complexity index is 422. The zero-order valence-electron chi connectivity index (χ0n) is 11.4. The van der Waals surface area contributed by atoms with Crippen LogP contribution in [0.2, 0.25) is 0 Å². The van der Waals surface area contributed by atoms with Crippen LogP contribution in [0.3, 0.4) is 0 Å². The Hall–Kier alpha value is -1.35. The molecule has 98 valence electrons. The first kappa shape index (κ1) is 13.1. The van der Waals surface area contributed by atoms with Gasteiger partial charge in [-0.1, -0.05) is 18.2 Å². The number of aryl methyl sites for hydroxylation is 1. The molecule has 1 aliphatic heterocycles. The molecule has 1 amide bonds. The van der Waals surface area contributed by atoms with Crippen molar-refractivity contribution in [2.75, 3.05) is 13.1 Å². The monoisotopic (exact) mass is 246 g/mol. The van der Waals surface area contributed by atoms with E-state index in [1.54, 1.807) is 0 Å². The van der Waals surface area contributed by atoms with E-state index in [1.165, 1.54) is 0 Å². The minimum absolute atomic E-state index is 0.164. The predicted octanol–water partition coefficient (Wildman–Crippen LogP) is 2.21. The van der Waals surface area contributed by atoms with Gasteiger partial charge in [0.1, 0.15) is 0 Å². The van der Waals surface area contributed by atoms with E-state index in [-0.39, 0.29) is 11.9 Å². The lowest BCUT2D eigenvalue weighted by Crippen LogP contribution is -2.46. The Morgan fingerprint density at radius 2 is 2.11 bits per heavy atom. The van der Waals surface area contributed by atoms with Gasteiger partial charge in [-0.15, -0.1) is 0 Å². The number of nitrogens with zero attached hydrogens (tertiary/aromatic N) is 1. The van der Waals surface area contributed by atoms with Gasteiger partial charge in [0.15, 0.2) is 0 Å². The second-order valence-corrected chi connectivity index (χ2v) is 5.27. The van der Waals surface area contributed by atoms with Crippen molar-refractivity contribution >= 4 is 5.91 Å². The summed E-state index contributed by atoms with van der Waals surface area (Å²) in [6.45, 7) is 8.10. The molecule has 18 heavy (non-hydrogen) atoms. The maximum Gasteiger partial charge on any atom is 0.254 e. The maximum atomic E-state index is 12.7. The highest BCUT2D eigenvalue weighted by Gasteiger charge is 2.29. The maximum absolute atomic E-state index is 12.7. The van der Waals surface area contributed by atoms with Crippen LogP contribution in [0.4, 0.5) is 0 Å². The summed E-state index contributed by atoms with van der Waals surface area (Å²) < 4.78 is 0. The number of amides is 1. The quantitative estimate of drug-likeness (QED) is 0.887. The molecular weight excluding hydrogens is 224 g/mol. The van der Waals surface area contributed by atoms with Crippen LogP contribution >= 0.6 is 0 Å². The molecule has 3 heteroatoms. The first-order valence-electron chi connectivity index (χ1n) is 6.70. The predicted molar refractivity (Wildman–Crippen MR) is 73.8 cm³/mol. The third kappa shape index (κ3) is 2.56. The van der Waals surface area contributed by atoms with Gasteiger partial charge in [0.25, 0.3) is 5.91 Å². The summed E-state index contributed by atoms with van der Waals surface area (Å²) >= 11 is 0. The van der Waals surface area contributed by atoms with Gasteiger partial charge in [-0.3, -0.25) is 4.79 Å². The first-order chi connectivity index (χ1) is 8.61. The van der Waals surface area contributed by atoms with Crippen LogP contribution in [-0.2, 0) is 0 Å². The van der Waals surface area contributed by atoms with Gasteiger partial charge in [-0.25, -0.2) is 0 Å². The lowest BCUT2D eigenvalue weighted by atomic mass is 10.0. The SMILES string of the molecule is Cc1ccccc1C(=O)N(C(C)C)C1CCNC1. The third-order valence-electron chi connectivity index (χ3n) is 3.59. The number of hydrogen-bond acceptors (Lipinski definition) is 2. The van der Waals surface area contributed by atoms with Crippen LogP contribution in [0.5, 0.6) is 0 Å². The number of carbonyl (C=O) groups excluding carboxylic acids is 1. The third-order valence-corrected chi connectivity index (χ3v) is 3.59. The largest absolute Gasteiger partial charge is 0.332 e. The summed E-state index contributed by atoms with van der Waals surface area (Å²) in [6.07, 6.45) is 1.05. The summed E-state index contributed by atoms with van der Waals surface area (Å²) in [4.78, 5) is 14.7. The molecule has 0 aliphatic carbocycles. The molecular formula is C15H22N2O. The molecule has 1 aliphatic rings. The smallest absolute Gasteiger partial charge is 0.254 e. The zero-order chi connectivity index (χ0) is 13.1. The molecule has 3 nitrogen and oxygen atoms in total. The molecule has 0 radical (unpaired) electrons. The number of benzene rings is 1. The molecule has 1 heterocycles. The van der Waals surface area contributed by atoms with E-state index in [4.69, 9.17) is 0 Å². The second kappa shape index (κ2) is 5.53. The minimum atomic E-state index is 0.164. The van der Waals surface area contributed by atoms with Crippen LogP contribution in [0.15, 0.2) is 24.3 Å². The van der Waals surface area contributed by atoms with E-state index in [1.807, 2.05) is 36.1 Å². The van der Waals surface area contributed by atoms with Crippen LogP contribution in [0.1, 0.15) is 36.2 Å². The van der Waals surface area contributed by atoms with Gasteiger partial charge in [-0.2, -0.15) is 0 Å². The Labute approximate surface area is 109 Å². The van der Waals surface area contributed by atoms with Crippen molar-refractivity contribution in [1.29, 1.82) is 0 Å². The highest BCUT2D eigenvalue weighted by Crippen LogP contribution is 2.18. The summed E-state index contributed by atoms with van der Waals surface area (Å²) in [5.41, 5.74) is 1.89. The van der Waals surface area contributed by atoms with Crippen molar-refractivity contribution in [3.05, 3.63) is 35.4 Å². The van der Waals surface area contributed by atoms with E-state index >= 15 is 0 Å². The molecule has 1 fully saturated rings. The fourth-order valence-electron chi connectivity index (χ4n) is 2.65. The molecule has 2 rings (SSSR count). The summed E-state index contributed by atoms with van der Waals surface area (Å²) in [5, 5.41) is 3.33. The highest BCUT2D eigenvalue weighted by atomic mass is 16.2. The molecule has 0 bridgehead atoms. The highest BCUT2D eigenvalue weighted by molar-refractivity contribution is 5.96. The number of carbonyl (C=O) groups is 1. The van der Waals surface area contributed by atoms with Gasteiger partial charge < -0.3 is 10.2 Å². The van der Waals surface area contributed by atoms with Crippen LogP contribution < -0.4 is 5.32 Å². The lowest BCUT2D eigenvalue weighted by molar-refractivity contribution is 0.0626. The number of hydrogen-bond donors (Lipinski definition) is 1. The molecule has 1 aromatic carbocycles. The zero-order valence-corrected chi connectivity index (χ0v) is 11.4. The fourth-order valence-corrected chi connectivity index (χ4v) is 2.65. The summed E-state index contributed by atoms with van der Waals surface area (Å²) in [7, 11) is 0. The summed E-state index contributed by atoms with van der Waals surface area (Å²) in [6, 6.07) is 8.40. The standard InChI is InChI=1S/C15H22N2O/c1-11(2)17(13-8-9-16-10-13)15(18)14-7-5-4-6-12(14)3/h4-7,11,13,16H,8-10H2,1-3H3. The van der Waals surface area contributed by atoms with Gasteiger partial charge in [-0.05, 0) is 45.4 Å². The van der Waals surface area contributed by atoms with E-state index < -0.39 is 0 Å². The van der Waals surface area contributed by atoms with E-state index in [0.29, 0.717) is 6.04 Å². The van der Waals surface area contributed by atoms with Crippen LogP contribution in [0, 0.1) is 6.92 Å². The lowest BCUT2D eigenvalue weighted by Gasteiger charge is -2.32. The van der Waals surface area contributed by atoms with Crippen molar-refractivity contribution in [1.82, 2.24) is 10.2 Å². The molecule has 1 saturated heterocycles.